The molecule has 112 valence electrons. The smallest absolute Gasteiger partial charge is 0.0735 e. The van der Waals surface area contributed by atoms with Crippen LogP contribution < -0.4 is 10.2 Å². The number of nitrogens with one attached hydrogen (secondary N) is 1. The number of likely N-dealkylation sites (N-methyl/N-ethyl adjacent to an activating group) is 1. The Balaban J connectivity index is 2.28. The van der Waals surface area contributed by atoms with E-state index in [4.69, 9.17) is 11.6 Å². The first-order valence-corrected chi connectivity index (χ1v) is 7.41. The molecule has 2 unspecified atom stereocenters. The Kier molecular flexibility index (Phi) is 5.27. The van der Waals surface area contributed by atoms with Crippen LogP contribution in [-0.2, 0) is 6.54 Å². The van der Waals surface area contributed by atoms with Crippen molar-refractivity contribution in [1.82, 2.24) is 10.2 Å². The van der Waals surface area contributed by atoms with Crippen LogP contribution in [-0.4, -0.2) is 56.4 Å². The van der Waals surface area contributed by atoms with Crippen molar-refractivity contribution in [3.63, 3.8) is 0 Å². The maximum atomic E-state index is 10.0. The molecule has 0 aliphatic carbocycles. The van der Waals surface area contributed by atoms with Crippen molar-refractivity contribution in [3.05, 3.63) is 28.8 Å². The lowest BCUT2D eigenvalue weighted by Gasteiger charge is -2.30. The minimum atomic E-state index is -0.252. The van der Waals surface area contributed by atoms with E-state index in [1.54, 1.807) is 0 Å². The molecule has 1 aliphatic rings. The van der Waals surface area contributed by atoms with Crippen LogP contribution in [0.4, 0.5) is 5.69 Å². The molecule has 20 heavy (non-hydrogen) atoms. The van der Waals surface area contributed by atoms with Crippen molar-refractivity contribution in [1.29, 1.82) is 0 Å². The lowest BCUT2D eigenvalue weighted by molar-refractivity contribution is 0.191. The first kappa shape index (κ1) is 15.6. The number of rotatable bonds is 5. The van der Waals surface area contributed by atoms with Gasteiger partial charge in [-0.25, -0.2) is 0 Å². The van der Waals surface area contributed by atoms with Crippen LogP contribution in [0.1, 0.15) is 12.0 Å². The minimum Gasteiger partial charge on any atom is -0.391 e. The summed E-state index contributed by atoms with van der Waals surface area (Å²) in [5.74, 6) is 0. The average molecular weight is 298 g/mol. The third kappa shape index (κ3) is 3.64. The van der Waals surface area contributed by atoms with Crippen LogP contribution in [0, 0.1) is 0 Å². The molecule has 2 rings (SSSR count). The Hall–Kier alpha value is -0.810. The molecule has 1 fully saturated rings. The number of aliphatic hydroxyl groups excluding tert-OH is 1. The van der Waals surface area contributed by atoms with Gasteiger partial charge in [-0.1, -0.05) is 11.6 Å². The van der Waals surface area contributed by atoms with Gasteiger partial charge in [0.25, 0.3) is 0 Å². The summed E-state index contributed by atoms with van der Waals surface area (Å²) in [7, 11) is 6.07. The Bertz CT molecular complexity index is 453. The van der Waals surface area contributed by atoms with Gasteiger partial charge in [0.1, 0.15) is 0 Å². The first-order valence-electron chi connectivity index (χ1n) is 7.03. The van der Waals surface area contributed by atoms with E-state index in [-0.39, 0.29) is 6.10 Å². The fraction of sp³-hybridized carbons (Fsp3) is 0.600. The predicted molar refractivity (Wildman–Crippen MR) is 84.5 cm³/mol. The van der Waals surface area contributed by atoms with Gasteiger partial charge in [0, 0.05) is 36.4 Å². The number of halogens is 1. The van der Waals surface area contributed by atoms with Gasteiger partial charge in [-0.05, 0) is 51.3 Å². The van der Waals surface area contributed by atoms with E-state index < -0.39 is 0 Å². The molecule has 5 heteroatoms. The first-order chi connectivity index (χ1) is 9.51. The monoisotopic (exact) mass is 297 g/mol. The van der Waals surface area contributed by atoms with Gasteiger partial charge in [0.2, 0.25) is 0 Å². The Morgan fingerprint density at radius 3 is 2.85 bits per heavy atom. The van der Waals surface area contributed by atoms with Crippen molar-refractivity contribution < 1.29 is 5.11 Å². The number of hydrogen-bond acceptors (Lipinski definition) is 4. The van der Waals surface area contributed by atoms with Crippen molar-refractivity contribution in [2.24, 2.45) is 0 Å². The zero-order valence-electron chi connectivity index (χ0n) is 12.4. The summed E-state index contributed by atoms with van der Waals surface area (Å²) in [6, 6.07) is 6.34. The Morgan fingerprint density at radius 1 is 1.45 bits per heavy atom. The number of β-amino-alcohol motifs (C(OH)–C–C–N with tert-alkyl or cyclic N) is 1. The number of anilines is 1. The second-order valence-corrected chi connectivity index (χ2v) is 6.20. The van der Waals surface area contributed by atoms with Crippen molar-refractivity contribution in [2.75, 3.05) is 39.1 Å². The molecule has 0 spiro atoms. The SMILES string of the molecule is CNCc1cc(Cl)ccc1N1CC(O)CC1CN(C)C. The molecule has 0 saturated carbocycles. The molecular weight excluding hydrogens is 274 g/mol. The number of aliphatic hydroxyl groups is 1. The van der Waals surface area contributed by atoms with Crippen molar-refractivity contribution in [2.45, 2.75) is 25.1 Å². The van der Waals surface area contributed by atoms with Crippen LogP contribution >= 0.6 is 11.6 Å². The van der Waals surface area contributed by atoms with Gasteiger partial charge < -0.3 is 20.2 Å². The fourth-order valence-electron chi connectivity index (χ4n) is 2.95. The molecule has 2 atom stereocenters. The maximum absolute atomic E-state index is 10.0. The van der Waals surface area contributed by atoms with Crippen LogP contribution in [0.3, 0.4) is 0 Å². The van der Waals surface area contributed by atoms with Crippen LogP contribution in [0.15, 0.2) is 18.2 Å². The van der Waals surface area contributed by atoms with E-state index in [1.807, 2.05) is 19.2 Å². The van der Waals surface area contributed by atoms with Gasteiger partial charge in [-0.15, -0.1) is 0 Å². The highest BCUT2D eigenvalue weighted by Gasteiger charge is 2.32. The van der Waals surface area contributed by atoms with E-state index >= 15 is 0 Å². The van der Waals surface area contributed by atoms with E-state index in [0.717, 1.165) is 24.5 Å². The number of nitrogens with zero attached hydrogens (tertiary/aromatic N) is 2. The van der Waals surface area contributed by atoms with Crippen LogP contribution in [0.25, 0.3) is 0 Å². The highest BCUT2D eigenvalue weighted by molar-refractivity contribution is 6.30. The number of hydrogen-bond donors (Lipinski definition) is 2. The molecule has 1 heterocycles. The van der Waals surface area contributed by atoms with Gasteiger partial charge in [-0.3, -0.25) is 0 Å². The van der Waals surface area contributed by atoms with Crippen LogP contribution in [0.5, 0.6) is 0 Å². The molecular formula is C15H24ClN3O. The van der Waals surface area contributed by atoms with Crippen LogP contribution in [0.2, 0.25) is 5.02 Å². The largest absolute Gasteiger partial charge is 0.391 e. The molecule has 0 bridgehead atoms. The second-order valence-electron chi connectivity index (χ2n) is 5.76. The van der Waals surface area contributed by atoms with E-state index in [1.165, 1.54) is 11.3 Å². The summed E-state index contributed by atoms with van der Waals surface area (Å²) in [4.78, 5) is 4.48. The molecule has 1 saturated heterocycles. The van der Waals surface area contributed by atoms with Gasteiger partial charge in [0.15, 0.2) is 0 Å². The average Bonchev–Trinajstić information content (AvgIpc) is 2.70. The zero-order valence-corrected chi connectivity index (χ0v) is 13.2. The normalized spacial score (nSPS) is 22.8. The molecule has 1 aromatic carbocycles. The van der Waals surface area contributed by atoms with Gasteiger partial charge in [0.05, 0.1) is 6.10 Å². The van der Waals surface area contributed by atoms with Gasteiger partial charge >= 0.3 is 0 Å². The maximum Gasteiger partial charge on any atom is 0.0735 e. The topological polar surface area (TPSA) is 38.7 Å². The standard InChI is InChI=1S/C15H24ClN3O/c1-17-8-11-6-12(16)4-5-15(11)19-10-14(20)7-13(19)9-18(2)3/h4-6,13-14,17,20H,7-10H2,1-3H3. The summed E-state index contributed by atoms with van der Waals surface area (Å²) in [5, 5.41) is 14.0. The molecule has 0 amide bonds. The van der Waals surface area contributed by atoms with Gasteiger partial charge in [-0.2, -0.15) is 0 Å². The lowest BCUT2D eigenvalue weighted by Crippen LogP contribution is -2.38. The summed E-state index contributed by atoms with van der Waals surface area (Å²) in [5.41, 5.74) is 2.35. The van der Waals surface area contributed by atoms with Crippen molar-refractivity contribution >= 4 is 17.3 Å². The molecule has 2 N–H and O–H groups in total. The quantitative estimate of drug-likeness (QED) is 0.865. The number of benzene rings is 1. The Labute approximate surface area is 126 Å². The predicted octanol–water partition coefficient (Wildman–Crippen LogP) is 1.56. The molecule has 1 aromatic rings. The van der Waals surface area contributed by atoms with E-state index in [9.17, 15) is 5.11 Å². The summed E-state index contributed by atoms with van der Waals surface area (Å²) >= 11 is 6.10. The molecule has 0 radical (unpaired) electrons. The second kappa shape index (κ2) is 6.76. The minimum absolute atomic E-state index is 0.252. The third-order valence-electron chi connectivity index (χ3n) is 3.69. The zero-order chi connectivity index (χ0) is 14.7. The fourth-order valence-corrected chi connectivity index (χ4v) is 3.14. The van der Waals surface area contributed by atoms with E-state index in [0.29, 0.717) is 12.6 Å². The highest BCUT2D eigenvalue weighted by Crippen LogP contribution is 2.31. The lowest BCUT2D eigenvalue weighted by atomic mass is 10.1. The van der Waals surface area contributed by atoms with Crippen molar-refractivity contribution in [3.8, 4) is 0 Å². The summed E-state index contributed by atoms with van der Waals surface area (Å²) in [6.07, 6.45) is 0.567. The molecule has 0 aromatic heterocycles. The summed E-state index contributed by atoms with van der Waals surface area (Å²) in [6.45, 7) is 2.41. The highest BCUT2D eigenvalue weighted by atomic mass is 35.5. The Morgan fingerprint density at radius 2 is 2.20 bits per heavy atom. The summed E-state index contributed by atoms with van der Waals surface area (Å²) < 4.78 is 0. The molecule has 1 aliphatic heterocycles. The third-order valence-corrected chi connectivity index (χ3v) is 3.92. The van der Waals surface area contributed by atoms with E-state index in [2.05, 4.69) is 35.3 Å². The molecule has 4 nitrogen and oxygen atoms in total.